The van der Waals surface area contributed by atoms with Crippen molar-refractivity contribution in [2.75, 3.05) is 14.2 Å². The molecule has 0 bridgehead atoms. The molecule has 1 atom stereocenters. The van der Waals surface area contributed by atoms with Gasteiger partial charge in [0.05, 0.1) is 31.1 Å². The fraction of sp³-hybridized carbons (Fsp3) is 0.250. The number of benzene rings is 1. The largest absolute Gasteiger partial charge is 0.550 e. The Kier molecular flexibility index (Phi) is 6.22. The Morgan fingerprint density at radius 1 is 1.31 bits per heavy atom. The first-order valence-electron chi connectivity index (χ1n) is 7.18. The van der Waals surface area contributed by atoms with Crippen molar-refractivity contribution in [1.82, 2.24) is 4.90 Å². The number of carboxylic acids is 2. The highest BCUT2D eigenvalue weighted by Crippen LogP contribution is 2.36. The van der Waals surface area contributed by atoms with Crippen LogP contribution >= 0.6 is 24.0 Å². The van der Waals surface area contributed by atoms with Crippen LogP contribution < -0.4 is 19.7 Å². The van der Waals surface area contributed by atoms with Crippen LogP contribution in [0, 0.1) is 0 Å². The van der Waals surface area contributed by atoms with Gasteiger partial charge in [-0.1, -0.05) is 24.0 Å². The Balaban J connectivity index is 2.37. The highest BCUT2D eigenvalue weighted by Gasteiger charge is 2.38. The third-order valence-electron chi connectivity index (χ3n) is 3.49. The number of carbonyl (C=O) groups excluding carboxylic acids is 3. The number of methoxy groups -OCH3 is 2. The van der Waals surface area contributed by atoms with Crippen molar-refractivity contribution < 1.29 is 34.1 Å². The molecule has 0 N–H and O–H groups in total. The third kappa shape index (κ3) is 4.14. The van der Waals surface area contributed by atoms with Crippen LogP contribution in [-0.2, 0) is 14.4 Å². The first-order chi connectivity index (χ1) is 12.3. The van der Waals surface area contributed by atoms with Crippen LogP contribution in [0.1, 0.15) is 12.0 Å². The lowest BCUT2D eigenvalue weighted by molar-refractivity contribution is -0.319. The van der Waals surface area contributed by atoms with Crippen molar-refractivity contribution in [2.45, 2.75) is 12.5 Å². The lowest BCUT2D eigenvalue weighted by atomic mass is 10.1. The van der Waals surface area contributed by atoms with Gasteiger partial charge in [-0.3, -0.25) is 9.69 Å². The first-order valence-corrected chi connectivity index (χ1v) is 8.40. The predicted molar refractivity (Wildman–Crippen MR) is 93.0 cm³/mol. The zero-order valence-electron chi connectivity index (χ0n) is 13.7. The minimum atomic E-state index is -1.74. The minimum absolute atomic E-state index is 0.0795. The predicted octanol–water partition coefficient (Wildman–Crippen LogP) is -0.837. The zero-order chi connectivity index (χ0) is 19.4. The zero-order valence-corrected chi connectivity index (χ0v) is 15.3. The molecule has 1 saturated heterocycles. The van der Waals surface area contributed by atoms with Crippen molar-refractivity contribution >= 4 is 52.2 Å². The van der Waals surface area contributed by atoms with Crippen molar-refractivity contribution in [2.24, 2.45) is 0 Å². The van der Waals surface area contributed by atoms with Crippen LogP contribution in [0.4, 0.5) is 0 Å². The number of thioether (sulfide) groups is 1. The highest BCUT2D eigenvalue weighted by molar-refractivity contribution is 8.26. The second kappa shape index (κ2) is 8.19. The number of carboxylic acid groups (broad SMARTS) is 2. The van der Waals surface area contributed by atoms with E-state index in [1.807, 2.05) is 0 Å². The molecule has 10 heteroatoms. The van der Waals surface area contributed by atoms with Crippen molar-refractivity contribution in [3.8, 4) is 11.5 Å². The summed E-state index contributed by atoms with van der Waals surface area (Å²) < 4.78 is 10.3. The monoisotopic (exact) mass is 395 g/mol. The molecule has 1 aromatic rings. The second-order valence-electron chi connectivity index (χ2n) is 5.07. The van der Waals surface area contributed by atoms with Gasteiger partial charge >= 0.3 is 0 Å². The van der Waals surface area contributed by atoms with E-state index in [9.17, 15) is 24.6 Å². The smallest absolute Gasteiger partial charge is 0.266 e. The number of rotatable bonds is 7. The summed E-state index contributed by atoms with van der Waals surface area (Å²) in [6.45, 7) is 0. The number of hydrogen-bond acceptors (Lipinski definition) is 9. The number of hydrogen-bond donors (Lipinski definition) is 0. The molecule has 1 aliphatic heterocycles. The molecule has 2 rings (SSSR count). The van der Waals surface area contributed by atoms with Crippen LogP contribution in [-0.4, -0.2) is 47.3 Å². The van der Waals surface area contributed by atoms with Gasteiger partial charge in [-0.2, -0.15) is 0 Å². The van der Waals surface area contributed by atoms with E-state index in [1.54, 1.807) is 18.2 Å². The Morgan fingerprint density at radius 3 is 2.54 bits per heavy atom. The Morgan fingerprint density at radius 2 is 2.00 bits per heavy atom. The van der Waals surface area contributed by atoms with E-state index in [1.165, 1.54) is 20.3 Å². The average molecular weight is 395 g/mol. The quantitative estimate of drug-likeness (QED) is 0.430. The van der Waals surface area contributed by atoms with E-state index >= 15 is 0 Å². The fourth-order valence-electron chi connectivity index (χ4n) is 2.27. The standard InChI is InChI=1S/C16H15NO7S2/c1-23-9-4-3-8(11(6-9)24-2)5-12-14(20)17(16(25)26-12)10(15(21)22)7-13(18)19/h3-6,10H,7H2,1-2H3,(H,18,19)(H,21,22)/p-2. The van der Waals surface area contributed by atoms with E-state index in [0.29, 0.717) is 22.0 Å². The fourth-order valence-corrected chi connectivity index (χ4v) is 3.61. The number of aliphatic carboxylic acids is 2. The molecule has 26 heavy (non-hydrogen) atoms. The summed E-state index contributed by atoms with van der Waals surface area (Å²) in [4.78, 5) is 35.4. The summed E-state index contributed by atoms with van der Waals surface area (Å²) in [7, 11) is 2.94. The van der Waals surface area contributed by atoms with Gasteiger partial charge in [0.1, 0.15) is 15.8 Å². The number of nitrogens with zero attached hydrogens (tertiary/aromatic N) is 1. The van der Waals surface area contributed by atoms with Crippen LogP contribution in [0.25, 0.3) is 6.08 Å². The minimum Gasteiger partial charge on any atom is -0.550 e. The SMILES string of the molecule is COc1ccc(C=C2SC(=S)N(C(CC(=O)[O-])C(=O)[O-])C2=O)c(OC)c1. The van der Waals surface area contributed by atoms with Crippen molar-refractivity contribution in [3.05, 3.63) is 28.7 Å². The Labute approximate surface area is 158 Å². The first kappa shape index (κ1) is 19.7. The maximum Gasteiger partial charge on any atom is 0.266 e. The topological polar surface area (TPSA) is 119 Å². The number of carbonyl (C=O) groups is 3. The van der Waals surface area contributed by atoms with E-state index < -0.39 is 30.3 Å². The van der Waals surface area contributed by atoms with Crippen molar-refractivity contribution in [1.29, 1.82) is 0 Å². The van der Waals surface area contributed by atoms with Gasteiger partial charge in [-0.15, -0.1) is 0 Å². The molecule has 1 heterocycles. The Hall–Kier alpha value is -2.59. The molecule has 1 amide bonds. The third-order valence-corrected chi connectivity index (χ3v) is 4.82. The summed E-state index contributed by atoms with van der Waals surface area (Å²) >= 11 is 5.89. The molecule has 0 radical (unpaired) electrons. The van der Waals surface area contributed by atoms with E-state index in [2.05, 4.69) is 0 Å². The van der Waals surface area contributed by atoms with E-state index in [0.717, 1.165) is 11.8 Å². The number of thiocarbonyl (C=S) groups is 1. The molecule has 0 saturated carbocycles. The molecule has 1 aromatic carbocycles. The van der Waals surface area contributed by atoms with Crippen LogP contribution in [0.2, 0.25) is 0 Å². The molecule has 8 nitrogen and oxygen atoms in total. The van der Waals surface area contributed by atoms with Gasteiger partial charge in [-0.25, -0.2) is 0 Å². The second-order valence-corrected chi connectivity index (χ2v) is 6.75. The van der Waals surface area contributed by atoms with Crippen LogP contribution in [0.15, 0.2) is 23.1 Å². The molecule has 1 fully saturated rings. The molecular weight excluding hydrogens is 382 g/mol. The lowest BCUT2D eigenvalue weighted by Gasteiger charge is -2.27. The van der Waals surface area contributed by atoms with Gasteiger partial charge in [0.15, 0.2) is 0 Å². The van der Waals surface area contributed by atoms with Gasteiger partial charge in [0.2, 0.25) is 0 Å². The normalized spacial score (nSPS) is 16.7. The van der Waals surface area contributed by atoms with Crippen LogP contribution in [0.5, 0.6) is 11.5 Å². The molecule has 0 aromatic heterocycles. The lowest BCUT2D eigenvalue weighted by Crippen LogP contribution is -2.52. The van der Waals surface area contributed by atoms with E-state index in [4.69, 9.17) is 21.7 Å². The maximum atomic E-state index is 12.5. The highest BCUT2D eigenvalue weighted by atomic mass is 32.2. The number of amides is 1. The summed E-state index contributed by atoms with van der Waals surface area (Å²) in [5, 5.41) is 22.0. The van der Waals surface area contributed by atoms with Gasteiger partial charge < -0.3 is 29.3 Å². The summed E-state index contributed by atoms with van der Waals surface area (Å²) in [5.74, 6) is -3.10. The molecule has 1 aliphatic rings. The van der Waals surface area contributed by atoms with Gasteiger partial charge in [-0.05, 0) is 18.2 Å². The molecule has 0 spiro atoms. The van der Waals surface area contributed by atoms with Crippen LogP contribution in [0.3, 0.4) is 0 Å². The molecular formula is C16H13NO7S2-2. The molecule has 138 valence electrons. The van der Waals surface area contributed by atoms with Gasteiger partial charge in [0, 0.05) is 24.0 Å². The maximum absolute atomic E-state index is 12.5. The number of ether oxygens (including phenoxy) is 2. The molecule has 1 unspecified atom stereocenters. The summed E-state index contributed by atoms with van der Waals surface area (Å²) in [6, 6.07) is 3.19. The van der Waals surface area contributed by atoms with E-state index in [-0.39, 0.29) is 9.23 Å². The average Bonchev–Trinajstić information content (AvgIpc) is 2.86. The Bertz CT molecular complexity index is 806. The summed E-state index contributed by atoms with van der Waals surface area (Å²) in [6.07, 6.45) is 0.552. The van der Waals surface area contributed by atoms with Gasteiger partial charge in [0.25, 0.3) is 5.91 Å². The summed E-state index contributed by atoms with van der Waals surface area (Å²) in [5.41, 5.74) is 0.540. The molecule has 0 aliphatic carbocycles. The van der Waals surface area contributed by atoms with Crippen molar-refractivity contribution in [3.63, 3.8) is 0 Å².